The number of unbranched alkanes of at least 4 members (excludes halogenated alkanes) is 10. The molecule has 73 heavy (non-hydrogen) atoms. The Balaban J connectivity index is 4.50. The zero-order valence-electron chi connectivity index (χ0n) is 46.3. The summed E-state index contributed by atoms with van der Waals surface area (Å²) in [5.74, 6) is -1.10. The zero-order chi connectivity index (χ0) is 52.9. The average molecular weight is 1000 g/mol. The third kappa shape index (κ3) is 57.5. The van der Waals surface area contributed by atoms with Crippen molar-refractivity contribution in [2.45, 2.75) is 219 Å². The molecule has 0 rings (SSSR count). The molecule has 6 nitrogen and oxygen atoms in total. The van der Waals surface area contributed by atoms with Crippen molar-refractivity contribution in [3.63, 3.8) is 0 Å². The molecule has 0 aromatic carbocycles. The van der Waals surface area contributed by atoms with Crippen LogP contribution in [-0.2, 0) is 28.6 Å². The van der Waals surface area contributed by atoms with Gasteiger partial charge in [-0.05, 0) is 128 Å². The second-order valence-corrected chi connectivity index (χ2v) is 18.0. The standard InChI is InChI=1S/C67H102O6/c1-4-7-10-13-16-19-22-25-27-29-30-31-32-33-34-35-36-38-39-42-45-48-51-54-57-60-66(69)72-63-64(62-71-65(68)59-56-53-50-47-44-41-24-21-18-15-12-9-6-3)73-67(70)61-58-55-52-49-46-43-40-37-28-26-23-20-17-14-11-8-5-2/h7-12,16-21,25-28,30-31,33-34,40-41,43-44,49-50,52-53,64H,4-6,13-15,22-24,29,32,35-39,42,45-48,51,54-63H2,1-3H3/b10-7-,11-8-,12-9-,19-16-,20-17-,21-18-,27-25-,28-26-,31-30-,34-33-,43-40-,44-41-,52-49-,53-50-. The number of hydrogen-bond donors (Lipinski definition) is 0. The van der Waals surface area contributed by atoms with Crippen molar-refractivity contribution in [1.82, 2.24) is 0 Å². The minimum absolute atomic E-state index is 0.134. The van der Waals surface area contributed by atoms with Gasteiger partial charge in [-0.15, -0.1) is 0 Å². The average Bonchev–Trinajstić information content (AvgIpc) is 3.39. The summed E-state index contributed by atoms with van der Waals surface area (Å²) in [5, 5.41) is 0. The highest BCUT2D eigenvalue weighted by atomic mass is 16.6. The maximum Gasteiger partial charge on any atom is 0.306 e. The molecule has 0 aliphatic heterocycles. The Morgan fingerprint density at radius 3 is 0.890 bits per heavy atom. The molecule has 0 spiro atoms. The molecule has 0 saturated carbocycles. The molecule has 0 aliphatic carbocycles. The minimum atomic E-state index is -0.849. The van der Waals surface area contributed by atoms with Crippen molar-refractivity contribution in [2.24, 2.45) is 0 Å². The van der Waals surface area contributed by atoms with E-state index in [1.807, 2.05) is 12.2 Å². The lowest BCUT2D eigenvalue weighted by Crippen LogP contribution is -2.30. The third-order valence-corrected chi connectivity index (χ3v) is 11.2. The maximum absolute atomic E-state index is 12.8. The van der Waals surface area contributed by atoms with Crippen LogP contribution < -0.4 is 0 Å². The van der Waals surface area contributed by atoms with E-state index < -0.39 is 12.1 Å². The molecule has 0 N–H and O–H groups in total. The highest BCUT2D eigenvalue weighted by Crippen LogP contribution is 2.13. The van der Waals surface area contributed by atoms with Crippen molar-refractivity contribution in [1.29, 1.82) is 0 Å². The van der Waals surface area contributed by atoms with Crippen molar-refractivity contribution >= 4 is 17.9 Å². The highest BCUT2D eigenvalue weighted by molar-refractivity contribution is 5.71. The Labute approximate surface area is 447 Å². The first kappa shape index (κ1) is 67.8. The number of carbonyl (C=O) groups excluding carboxylic acids is 3. The van der Waals surface area contributed by atoms with Gasteiger partial charge in [0.2, 0.25) is 0 Å². The Bertz CT molecular complexity index is 1720. The summed E-state index contributed by atoms with van der Waals surface area (Å²) in [5.41, 5.74) is 0. The van der Waals surface area contributed by atoms with Gasteiger partial charge in [-0.25, -0.2) is 0 Å². The number of hydrogen-bond acceptors (Lipinski definition) is 6. The summed E-state index contributed by atoms with van der Waals surface area (Å²) in [6.07, 6.45) is 88.0. The SMILES string of the molecule is CC/C=C\C/C=C\C/C=C\C/C=C\C/C=C\CCCCCCCCCCCC(=O)OCC(COC(=O)CC/C=C\C/C=C\C/C=C\C/C=C\CC)OC(=O)CCC/C=C\C/C=C\C/C=C\C/C=C\C/C=C\CC. The van der Waals surface area contributed by atoms with Crippen LogP contribution in [0, 0.1) is 0 Å². The minimum Gasteiger partial charge on any atom is -0.462 e. The fraction of sp³-hybridized carbons (Fsp3) is 0.537. The Morgan fingerprint density at radius 2 is 0.534 bits per heavy atom. The van der Waals surface area contributed by atoms with Crippen LogP contribution in [0.5, 0.6) is 0 Å². The van der Waals surface area contributed by atoms with E-state index in [0.29, 0.717) is 19.3 Å². The molecular weight excluding hydrogens is 901 g/mol. The van der Waals surface area contributed by atoms with Gasteiger partial charge >= 0.3 is 17.9 Å². The van der Waals surface area contributed by atoms with Crippen molar-refractivity contribution in [2.75, 3.05) is 13.2 Å². The highest BCUT2D eigenvalue weighted by Gasteiger charge is 2.19. The second-order valence-electron chi connectivity index (χ2n) is 18.0. The summed E-state index contributed by atoms with van der Waals surface area (Å²) >= 11 is 0. The van der Waals surface area contributed by atoms with E-state index in [2.05, 4.69) is 179 Å². The van der Waals surface area contributed by atoms with Crippen LogP contribution in [-0.4, -0.2) is 37.2 Å². The smallest absolute Gasteiger partial charge is 0.306 e. The molecule has 0 heterocycles. The van der Waals surface area contributed by atoms with Crippen LogP contribution in [0.25, 0.3) is 0 Å². The number of allylic oxidation sites excluding steroid dienone is 28. The molecule has 1 unspecified atom stereocenters. The monoisotopic (exact) mass is 1000 g/mol. The number of ether oxygens (including phenoxy) is 3. The summed E-state index contributed by atoms with van der Waals surface area (Å²) in [7, 11) is 0. The predicted octanol–water partition coefficient (Wildman–Crippen LogP) is 19.5. The number of rotatable bonds is 49. The summed E-state index contributed by atoms with van der Waals surface area (Å²) in [6.45, 7) is 6.16. The van der Waals surface area contributed by atoms with Crippen molar-refractivity contribution < 1.29 is 28.6 Å². The number of esters is 3. The van der Waals surface area contributed by atoms with E-state index in [0.717, 1.165) is 122 Å². The Morgan fingerprint density at radius 1 is 0.274 bits per heavy atom. The van der Waals surface area contributed by atoms with Crippen LogP contribution in [0.4, 0.5) is 0 Å². The molecule has 0 amide bonds. The molecule has 0 saturated heterocycles. The normalized spacial score (nSPS) is 13.4. The van der Waals surface area contributed by atoms with E-state index in [1.54, 1.807) is 0 Å². The molecule has 0 fully saturated rings. The molecule has 0 radical (unpaired) electrons. The first-order valence-electron chi connectivity index (χ1n) is 28.6. The van der Waals surface area contributed by atoms with Gasteiger partial charge in [-0.3, -0.25) is 14.4 Å². The van der Waals surface area contributed by atoms with Gasteiger partial charge < -0.3 is 14.2 Å². The van der Waals surface area contributed by atoms with E-state index in [-0.39, 0.29) is 38.0 Å². The van der Waals surface area contributed by atoms with E-state index in [9.17, 15) is 14.4 Å². The summed E-state index contributed by atoms with van der Waals surface area (Å²) in [4.78, 5) is 38.1. The van der Waals surface area contributed by atoms with Crippen LogP contribution >= 0.6 is 0 Å². The molecule has 0 aliphatic rings. The van der Waals surface area contributed by atoms with Gasteiger partial charge in [0.25, 0.3) is 0 Å². The lowest BCUT2D eigenvalue weighted by molar-refractivity contribution is -0.166. The molecule has 0 bridgehead atoms. The Hall–Kier alpha value is -5.23. The molecule has 1 atom stereocenters. The van der Waals surface area contributed by atoms with Crippen molar-refractivity contribution in [3.8, 4) is 0 Å². The van der Waals surface area contributed by atoms with Crippen molar-refractivity contribution in [3.05, 3.63) is 170 Å². The summed E-state index contributed by atoms with van der Waals surface area (Å²) in [6, 6.07) is 0. The van der Waals surface area contributed by atoms with Gasteiger partial charge in [0.1, 0.15) is 13.2 Å². The van der Waals surface area contributed by atoms with E-state index in [1.165, 1.54) is 38.5 Å². The van der Waals surface area contributed by atoms with Crippen LogP contribution in [0.15, 0.2) is 170 Å². The first-order valence-corrected chi connectivity index (χ1v) is 28.6. The quantitative estimate of drug-likeness (QED) is 0.0261. The topological polar surface area (TPSA) is 78.9 Å². The largest absolute Gasteiger partial charge is 0.462 e. The second kappa shape index (κ2) is 59.3. The fourth-order valence-electron chi connectivity index (χ4n) is 7.05. The molecule has 406 valence electrons. The van der Waals surface area contributed by atoms with Gasteiger partial charge in [0.05, 0.1) is 0 Å². The van der Waals surface area contributed by atoms with Gasteiger partial charge in [-0.1, -0.05) is 236 Å². The van der Waals surface area contributed by atoms with E-state index in [4.69, 9.17) is 14.2 Å². The molecule has 6 heteroatoms. The molecular formula is C67H102O6. The number of carbonyl (C=O) groups is 3. The van der Waals surface area contributed by atoms with Gasteiger partial charge in [0.15, 0.2) is 6.10 Å². The lowest BCUT2D eigenvalue weighted by Gasteiger charge is -2.18. The Kier molecular flexibility index (Phi) is 55.1. The maximum atomic E-state index is 12.8. The van der Waals surface area contributed by atoms with Gasteiger partial charge in [0, 0.05) is 19.3 Å². The van der Waals surface area contributed by atoms with Crippen LogP contribution in [0.2, 0.25) is 0 Å². The van der Waals surface area contributed by atoms with Crippen LogP contribution in [0.3, 0.4) is 0 Å². The molecule has 0 aromatic heterocycles. The summed E-state index contributed by atoms with van der Waals surface area (Å²) < 4.78 is 16.7. The zero-order valence-corrected chi connectivity index (χ0v) is 46.3. The van der Waals surface area contributed by atoms with E-state index >= 15 is 0 Å². The fourth-order valence-corrected chi connectivity index (χ4v) is 7.05. The lowest BCUT2D eigenvalue weighted by atomic mass is 10.1. The predicted molar refractivity (Wildman–Crippen MR) is 315 cm³/mol. The van der Waals surface area contributed by atoms with Crippen LogP contribution in [0.1, 0.15) is 213 Å². The van der Waals surface area contributed by atoms with Gasteiger partial charge in [-0.2, -0.15) is 0 Å². The first-order chi connectivity index (χ1) is 36.0. The third-order valence-electron chi connectivity index (χ3n) is 11.2. The molecule has 0 aromatic rings.